The van der Waals surface area contributed by atoms with Gasteiger partial charge in [-0.05, 0) is 6.92 Å². The van der Waals surface area contributed by atoms with Gasteiger partial charge >= 0.3 is 5.97 Å². The largest absolute Gasteiger partial charge is 0.479 e. The first kappa shape index (κ1) is 15.3. The Morgan fingerprint density at radius 3 is 2.12 bits per heavy atom. The lowest BCUT2D eigenvalue weighted by Gasteiger charge is -2.27. The molecular formula is C9H18O7. The Morgan fingerprint density at radius 1 is 1.31 bits per heavy atom. The second kappa shape index (κ2) is 7.53. The Balaban J connectivity index is 4.64. The lowest BCUT2D eigenvalue weighted by molar-refractivity contribution is -0.218. The van der Waals surface area contributed by atoms with Crippen molar-refractivity contribution in [3.8, 4) is 0 Å². The van der Waals surface area contributed by atoms with Gasteiger partial charge in [-0.1, -0.05) is 0 Å². The minimum absolute atomic E-state index is 0.490. The maximum Gasteiger partial charge on any atom is 0.335 e. The van der Waals surface area contributed by atoms with Crippen LogP contribution in [0.5, 0.6) is 0 Å². The van der Waals surface area contributed by atoms with Gasteiger partial charge in [-0.25, -0.2) is 4.79 Å². The third-order valence-electron chi connectivity index (χ3n) is 2.00. The van der Waals surface area contributed by atoms with Gasteiger partial charge in [0.25, 0.3) is 0 Å². The quantitative estimate of drug-likeness (QED) is 0.457. The lowest BCUT2D eigenvalue weighted by Crippen LogP contribution is -2.46. The third-order valence-corrected chi connectivity index (χ3v) is 2.00. The number of rotatable bonds is 8. The highest BCUT2D eigenvalue weighted by molar-refractivity contribution is 5.73. The summed E-state index contributed by atoms with van der Waals surface area (Å²) in [6, 6.07) is 0. The molecule has 96 valence electrons. The summed E-state index contributed by atoms with van der Waals surface area (Å²) in [5.74, 6) is -1.30. The summed E-state index contributed by atoms with van der Waals surface area (Å²) in [6.07, 6.45) is -4.55. The van der Waals surface area contributed by atoms with Crippen molar-refractivity contribution in [3.05, 3.63) is 0 Å². The molecule has 0 aliphatic rings. The van der Waals surface area contributed by atoms with E-state index in [1.165, 1.54) is 21.1 Å². The number of aliphatic hydroxyl groups is 2. The second-order valence-corrected chi connectivity index (χ2v) is 3.18. The Bertz CT molecular complexity index is 202. The monoisotopic (exact) mass is 238 g/mol. The molecule has 3 N–H and O–H groups in total. The van der Waals surface area contributed by atoms with E-state index >= 15 is 0 Å². The zero-order chi connectivity index (χ0) is 12.7. The van der Waals surface area contributed by atoms with Crippen LogP contribution in [-0.2, 0) is 19.0 Å². The van der Waals surface area contributed by atoms with Crippen LogP contribution in [0.3, 0.4) is 0 Å². The molecule has 0 aromatic heterocycles. The molecular weight excluding hydrogens is 220 g/mol. The van der Waals surface area contributed by atoms with Crippen LogP contribution in [0.25, 0.3) is 0 Å². The maximum atomic E-state index is 10.9. The fourth-order valence-corrected chi connectivity index (χ4v) is 1.19. The van der Waals surface area contributed by atoms with Gasteiger partial charge in [-0.2, -0.15) is 0 Å². The Morgan fingerprint density at radius 2 is 1.88 bits per heavy atom. The molecule has 0 saturated carbocycles. The summed E-state index contributed by atoms with van der Waals surface area (Å²) < 4.78 is 14.5. The van der Waals surface area contributed by atoms with Gasteiger partial charge < -0.3 is 29.5 Å². The van der Waals surface area contributed by atoms with Crippen molar-refractivity contribution in [2.75, 3.05) is 20.8 Å². The summed E-state index contributed by atoms with van der Waals surface area (Å²) in [7, 11) is 2.53. The third kappa shape index (κ3) is 4.42. The Kier molecular flexibility index (Phi) is 7.18. The summed E-state index contributed by atoms with van der Waals surface area (Å²) in [5, 5.41) is 27.0. The van der Waals surface area contributed by atoms with Gasteiger partial charge in [0.05, 0.1) is 12.7 Å². The molecule has 0 aromatic carbocycles. The van der Waals surface area contributed by atoms with E-state index in [9.17, 15) is 9.90 Å². The number of ether oxygens (including phenoxy) is 3. The van der Waals surface area contributed by atoms with Gasteiger partial charge in [-0.3, -0.25) is 0 Å². The van der Waals surface area contributed by atoms with Crippen molar-refractivity contribution < 1.29 is 34.3 Å². The van der Waals surface area contributed by atoms with Gasteiger partial charge in [0.2, 0.25) is 0 Å². The van der Waals surface area contributed by atoms with E-state index in [-0.39, 0.29) is 0 Å². The molecule has 7 heteroatoms. The summed E-state index contributed by atoms with van der Waals surface area (Å²) in [6.45, 7) is 0.894. The summed E-state index contributed by atoms with van der Waals surface area (Å²) >= 11 is 0. The zero-order valence-corrected chi connectivity index (χ0v) is 9.49. The van der Waals surface area contributed by atoms with Crippen LogP contribution in [0.2, 0.25) is 0 Å². The van der Waals surface area contributed by atoms with Crippen LogP contribution in [0.15, 0.2) is 0 Å². The number of carbonyl (C=O) groups is 1. The number of carboxylic acids is 1. The van der Waals surface area contributed by atoms with Crippen LogP contribution in [-0.4, -0.2) is 66.7 Å². The van der Waals surface area contributed by atoms with Crippen LogP contribution in [0, 0.1) is 0 Å². The normalized spacial score (nSPS) is 18.8. The molecule has 0 aliphatic carbocycles. The fraction of sp³-hybridized carbons (Fsp3) is 0.889. The number of methoxy groups -OCH3 is 2. The SMILES string of the molecule is CO[C@@H](CO)OC(C(=O)O)[C@@H](OC)[C@@H](C)O. The van der Waals surface area contributed by atoms with Gasteiger partial charge in [0, 0.05) is 14.2 Å². The van der Waals surface area contributed by atoms with E-state index in [4.69, 9.17) is 19.7 Å². The van der Waals surface area contributed by atoms with E-state index < -0.39 is 37.2 Å². The van der Waals surface area contributed by atoms with E-state index in [0.717, 1.165) is 0 Å². The number of aliphatic hydroxyl groups excluding tert-OH is 2. The predicted octanol–water partition coefficient (Wildman–Crippen LogP) is -1.18. The first-order valence-electron chi connectivity index (χ1n) is 4.70. The molecule has 0 saturated heterocycles. The van der Waals surface area contributed by atoms with Gasteiger partial charge in [0.15, 0.2) is 12.4 Å². The number of hydrogen-bond acceptors (Lipinski definition) is 6. The number of hydrogen-bond donors (Lipinski definition) is 3. The lowest BCUT2D eigenvalue weighted by atomic mass is 10.1. The minimum Gasteiger partial charge on any atom is -0.479 e. The summed E-state index contributed by atoms with van der Waals surface area (Å²) in [5.41, 5.74) is 0. The number of carboxylic acid groups (broad SMARTS) is 1. The molecule has 7 nitrogen and oxygen atoms in total. The highest BCUT2D eigenvalue weighted by Crippen LogP contribution is 2.11. The molecule has 0 bridgehead atoms. The van der Waals surface area contributed by atoms with Crippen LogP contribution in [0.1, 0.15) is 6.92 Å². The second-order valence-electron chi connectivity index (χ2n) is 3.18. The van der Waals surface area contributed by atoms with Crippen molar-refractivity contribution in [1.82, 2.24) is 0 Å². The molecule has 0 aliphatic heterocycles. The molecule has 0 amide bonds. The van der Waals surface area contributed by atoms with Crippen LogP contribution >= 0.6 is 0 Å². The molecule has 0 heterocycles. The topological polar surface area (TPSA) is 105 Å². The fourth-order valence-electron chi connectivity index (χ4n) is 1.19. The van der Waals surface area contributed by atoms with Crippen molar-refractivity contribution in [3.63, 3.8) is 0 Å². The smallest absolute Gasteiger partial charge is 0.335 e. The predicted molar refractivity (Wildman–Crippen MR) is 52.9 cm³/mol. The zero-order valence-electron chi connectivity index (χ0n) is 9.49. The van der Waals surface area contributed by atoms with Gasteiger partial charge in [0.1, 0.15) is 6.10 Å². The molecule has 16 heavy (non-hydrogen) atoms. The molecule has 0 spiro atoms. The molecule has 0 aromatic rings. The first-order valence-corrected chi connectivity index (χ1v) is 4.70. The minimum atomic E-state index is -1.41. The van der Waals surface area contributed by atoms with Crippen LogP contribution in [0.4, 0.5) is 0 Å². The van der Waals surface area contributed by atoms with Gasteiger partial charge in [-0.15, -0.1) is 0 Å². The molecule has 0 fully saturated rings. The van der Waals surface area contributed by atoms with Crippen LogP contribution < -0.4 is 0 Å². The van der Waals surface area contributed by atoms with Crippen molar-refractivity contribution in [1.29, 1.82) is 0 Å². The molecule has 1 unspecified atom stereocenters. The van der Waals surface area contributed by atoms with E-state index in [1.807, 2.05) is 0 Å². The first-order chi connectivity index (χ1) is 7.47. The maximum absolute atomic E-state index is 10.9. The molecule has 0 rings (SSSR count). The average molecular weight is 238 g/mol. The number of aliphatic carboxylic acids is 1. The highest BCUT2D eigenvalue weighted by atomic mass is 16.7. The van der Waals surface area contributed by atoms with Crippen molar-refractivity contribution in [2.45, 2.75) is 31.5 Å². The highest BCUT2D eigenvalue weighted by Gasteiger charge is 2.34. The molecule has 4 atom stereocenters. The Hall–Kier alpha value is -0.730. The molecule has 0 radical (unpaired) electrons. The van der Waals surface area contributed by atoms with E-state index in [0.29, 0.717) is 0 Å². The van der Waals surface area contributed by atoms with Crippen molar-refractivity contribution >= 4 is 5.97 Å². The average Bonchev–Trinajstić information content (AvgIpc) is 2.23. The standard InChI is InChI=1S/C9H18O7/c1-5(11)7(15-3)8(9(12)13)16-6(4-10)14-2/h5-8,10-11H,4H2,1-3H3,(H,12,13)/t5-,6-,7+,8?/m1/s1. The Labute approximate surface area is 93.5 Å². The van der Waals surface area contributed by atoms with E-state index in [1.54, 1.807) is 0 Å². The van der Waals surface area contributed by atoms with Crippen molar-refractivity contribution in [2.24, 2.45) is 0 Å². The van der Waals surface area contributed by atoms with E-state index in [2.05, 4.69) is 4.74 Å². The summed E-state index contributed by atoms with van der Waals surface area (Å²) in [4.78, 5) is 10.9.